The molecule has 1 saturated carbocycles. The molecule has 2 nitrogen and oxygen atoms in total. The summed E-state index contributed by atoms with van der Waals surface area (Å²) in [4.78, 5) is 2.77. The number of likely N-dealkylation sites (tertiary alicyclic amines) is 1. The fraction of sp³-hybridized carbons (Fsp3) is 1.00. The first-order valence-electron chi connectivity index (χ1n) is 8.65. The highest BCUT2D eigenvalue weighted by atomic mass is 15.2. The maximum absolute atomic E-state index is 6.26. The Balaban J connectivity index is 2.00. The molecular formula is C17H34N2. The van der Waals surface area contributed by atoms with E-state index in [2.05, 4.69) is 18.7 Å². The molecule has 2 aliphatic rings. The topological polar surface area (TPSA) is 29.3 Å². The Morgan fingerprint density at radius 3 is 2.68 bits per heavy atom. The first kappa shape index (κ1) is 15.3. The summed E-state index contributed by atoms with van der Waals surface area (Å²) in [5.41, 5.74) is 6.61. The van der Waals surface area contributed by atoms with E-state index in [1.807, 2.05) is 0 Å². The fourth-order valence-corrected chi connectivity index (χ4v) is 4.43. The van der Waals surface area contributed by atoms with Crippen molar-refractivity contribution in [1.82, 2.24) is 4.90 Å². The van der Waals surface area contributed by atoms with Crippen LogP contribution in [0.2, 0.25) is 0 Å². The summed E-state index contributed by atoms with van der Waals surface area (Å²) in [5.74, 6) is 1.84. The minimum atomic E-state index is 0.344. The van der Waals surface area contributed by atoms with Crippen LogP contribution in [0, 0.1) is 11.8 Å². The Hall–Kier alpha value is -0.0800. The van der Waals surface area contributed by atoms with Crippen molar-refractivity contribution < 1.29 is 0 Å². The molecule has 0 spiro atoms. The van der Waals surface area contributed by atoms with Gasteiger partial charge >= 0.3 is 0 Å². The smallest absolute Gasteiger partial charge is 0.0331 e. The van der Waals surface area contributed by atoms with Gasteiger partial charge in [0.25, 0.3) is 0 Å². The van der Waals surface area contributed by atoms with E-state index in [1.165, 1.54) is 70.9 Å². The molecule has 0 aromatic heterocycles. The predicted octanol–water partition coefficient (Wildman–Crippen LogP) is 3.80. The summed E-state index contributed by atoms with van der Waals surface area (Å²) in [5, 5.41) is 0. The number of nitrogens with two attached hydrogens (primary N) is 1. The maximum atomic E-state index is 6.26. The number of rotatable bonds is 4. The zero-order valence-electron chi connectivity index (χ0n) is 13.2. The molecule has 1 aliphatic carbocycles. The Morgan fingerprint density at radius 2 is 2.00 bits per heavy atom. The largest absolute Gasteiger partial charge is 0.329 e. The minimum Gasteiger partial charge on any atom is -0.329 e. The third-order valence-corrected chi connectivity index (χ3v) is 5.68. The van der Waals surface area contributed by atoms with E-state index in [9.17, 15) is 0 Å². The molecule has 0 amide bonds. The lowest BCUT2D eigenvalue weighted by atomic mass is 9.84. The Labute approximate surface area is 120 Å². The highest BCUT2D eigenvalue weighted by Gasteiger charge is 2.38. The van der Waals surface area contributed by atoms with Gasteiger partial charge in [0.15, 0.2) is 0 Å². The second-order valence-electron chi connectivity index (χ2n) is 7.21. The summed E-state index contributed by atoms with van der Waals surface area (Å²) in [6.45, 7) is 8.19. The van der Waals surface area contributed by atoms with Crippen LogP contribution in [0.4, 0.5) is 0 Å². The zero-order chi connectivity index (χ0) is 13.7. The fourth-order valence-electron chi connectivity index (χ4n) is 4.43. The van der Waals surface area contributed by atoms with Crippen LogP contribution in [-0.2, 0) is 0 Å². The van der Waals surface area contributed by atoms with Gasteiger partial charge in [-0.05, 0) is 50.5 Å². The van der Waals surface area contributed by atoms with Gasteiger partial charge < -0.3 is 5.73 Å². The normalized spacial score (nSPS) is 38.1. The Morgan fingerprint density at radius 1 is 1.16 bits per heavy atom. The number of hydrogen-bond donors (Lipinski definition) is 1. The molecular weight excluding hydrogens is 232 g/mol. The third-order valence-electron chi connectivity index (χ3n) is 5.68. The molecule has 2 fully saturated rings. The highest BCUT2D eigenvalue weighted by Crippen LogP contribution is 2.37. The van der Waals surface area contributed by atoms with Gasteiger partial charge in [0.2, 0.25) is 0 Å². The summed E-state index contributed by atoms with van der Waals surface area (Å²) in [6, 6.07) is 0. The Kier molecular flexibility index (Phi) is 5.70. The first-order valence-corrected chi connectivity index (χ1v) is 8.65. The molecule has 0 aromatic rings. The second kappa shape index (κ2) is 7.08. The van der Waals surface area contributed by atoms with Crippen LogP contribution < -0.4 is 5.73 Å². The van der Waals surface area contributed by atoms with Crippen LogP contribution in [0.5, 0.6) is 0 Å². The van der Waals surface area contributed by atoms with Crippen molar-refractivity contribution in [2.24, 2.45) is 17.6 Å². The average molecular weight is 266 g/mol. The first-order chi connectivity index (χ1) is 9.20. The van der Waals surface area contributed by atoms with Crippen molar-refractivity contribution in [3.05, 3.63) is 0 Å². The second-order valence-corrected chi connectivity index (χ2v) is 7.21. The quantitative estimate of drug-likeness (QED) is 0.784. The lowest BCUT2D eigenvalue weighted by Crippen LogP contribution is -2.56. The lowest BCUT2D eigenvalue weighted by molar-refractivity contribution is 0.0386. The van der Waals surface area contributed by atoms with E-state index in [0.717, 1.165) is 18.4 Å². The van der Waals surface area contributed by atoms with Crippen molar-refractivity contribution in [1.29, 1.82) is 0 Å². The zero-order valence-corrected chi connectivity index (χ0v) is 13.2. The molecule has 3 unspecified atom stereocenters. The van der Waals surface area contributed by atoms with Gasteiger partial charge in [-0.15, -0.1) is 0 Å². The van der Waals surface area contributed by atoms with E-state index < -0.39 is 0 Å². The van der Waals surface area contributed by atoms with Gasteiger partial charge in [0.05, 0.1) is 0 Å². The molecule has 0 radical (unpaired) electrons. The monoisotopic (exact) mass is 266 g/mol. The lowest BCUT2D eigenvalue weighted by Gasteiger charge is -2.47. The summed E-state index contributed by atoms with van der Waals surface area (Å²) >= 11 is 0. The van der Waals surface area contributed by atoms with E-state index in [1.54, 1.807) is 0 Å². The molecule has 19 heavy (non-hydrogen) atoms. The number of piperidine rings is 1. The van der Waals surface area contributed by atoms with Crippen LogP contribution in [0.15, 0.2) is 0 Å². The van der Waals surface area contributed by atoms with Gasteiger partial charge in [-0.3, -0.25) is 4.90 Å². The van der Waals surface area contributed by atoms with Gasteiger partial charge in [0.1, 0.15) is 0 Å². The molecule has 1 heterocycles. The molecule has 1 aliphatic heterocycles. The van der Waals surface area contributed by atoms with Crippen molar-refractivity contribution >= 4 is 0 Å². The van der Waals surface area contributed by atoms with Crippen LogP contribution in [0.25, 0.3) is 0 Å². The molecule has 2 rings (SSSR count). The van der Waals surface area contributed by atoms with Gasteiger partial charge in [-0.25, -0.2) is 0 Å². The van der Waals surface area contributed by atoms with Crippen molar-refractivity contribution in [2.75, 3.05) is 19.6 Å². The van der Waals surface area contributed by atoms with Crippen molar-refractivity contribution in [3.63, 3.8) is 0 Å². The summed E-state index contributed by atoms with van der Waals surface area (Å²) < 4.78 is 0. The Bertz CT molecular complexity index is 266. The van der Waals surface area contributed by atoms with Crippen LogP contribution in [-0.4, -0.2) is 30.1 Å². The standard InChI is InChI=1S/C17H34N2/c1-3-6-16-8-4-10-17(14-18,11-9-16)19-12-5-7-15(2)13-19/h15-16H,3-14,18H2,1-2H3. The average Bonchev–Trinajstić information content (AvgIpc) is 2.63. The van der Waals surface area contributed by atoms with E-state index >= 15 is 0 Å². The van der Waals surface area contributed by atoms with Gasteiger partial charge in [0, 0.05) is 18.6 Å². The molecule has 0 bridgehead atoms. The minimum absolute atomic E-state index is 0.344. The van der Waals surface area contributed by atoms with E-state index in [0.29, 0.717) is 5.54 Å². The molecule has 2 N–H and O–H groups in total. The van der Waals surface area contributed by atoms with E-state index in [-0.39, 0.29) is 0 Å². The van der Waals surface area contributed by atoms with Crippen LogP contribution in [0.1, 0.15) is 71.6 Å². The maximum Gasteiger partial charge on any atom is 0.0331 e. The highest BCUT2D eigenvalue weighted by molar-refractivity contribution is 4.95. The summed E-state index contributed by atoms with van der Waals surface area (Å²) in [6.07, 6.45) is 12.5. The molecule has 2 heteroatoms. The van der Waals surface area contributed by atoms with Gasteiger partial charge in [-0.1, -0.05) is 39.5 Å². The number of nitrogens with zero attached hydrogens (tertiary/aromatic N) is 1. The SMILES string of the molecule is CCCC1CCCC(CN)(N2CCCC(C)C2)CC1. The summed E-state index contributed by atoms with van der Waals surface area (Å²) in [7, 11) is 0. The van der Waals surface area contributed by atoms with Crippen LogP contribution >= 0.6 is 0 Å². The van der Waals surface area contributed by atoms with Crippen LogP contribution in [0.3, 0.4) is 0 Å². The predicted molar refractivity (Wildman–Crippen MR) is 83.2 cm³/mol. The molecule has 3 atom stereocenters. The van der Waals surface area contributed by atoms with E-state index in [4.69, 9.17) is 5.73 Å². The number of hydrogen-bond acceptors (Lipinski definition) is 2. The molecule has 0 aromatic carbocycles. The van der Waals surface area contributed by atoms with Crippen molar-refractivity contribution in [3.8, 4) is 0 Å². The molecule has 112 valence electrons. The third kappa shape index (κ3) is 3.72. The van der Waals surface area contributed by atoms with Gasteiger partial charge in [-0.2, -0.15) is 0 Å². The molecule has 1 saturated heterocycles. The van der Waals surface area contributed by atoms with Crippen molar-refractivity contribution in [2.45, 2.75) is 77.2 Å².